The summed E-state index contributed by atoms with van der Waals surface area (Å²) in [5, 5.41) is 3.28. The maximum absolute atomic E-state index is 12.4. The van der Waals surface area contributed by atoms with Crippen LogP contribution in [0.4, 0.5) is 0 Å². The number of hydrogen-bond donors (Lipinski definition) is 1. The van der Waals surface area contributed by atoms with Crippen LogP contribution in [0.3, 0.4) is 0 Å². The highest BCUT2D eigenvalue weighted by Gasteiger charge is 2.37. The van der Waals surface area contributed by atoms with Crippen molar-refractivity contribution in [1.82, 2.24) is 9.62 Å². The maximum Gasteiger partial charge on any atom is 0.215 e. The van der Waals surface area contributed by atoms with Crippen molar-refractivity contribution in [3.05, 3.63) is 0 Å². The van der Waals surface area contributed by atoms with E-state index in [1.807, 2.05) is 0 Å². The summed E-state index contributed by atoms with van der Waals surface area (Å²) in [5.74, 6) is 0.299. The van der Waals surface area contributed by atoms with Gasteiger partial charge in [0.15, 0.2) is 0 Å². The van der Waals surface area contributed by atoms with Crippen molar-refractivity contribution in [2.75, 3.05) is 18.8 Å². The Morgan fingerprint density at radius 1 is 1.29 bits per heavy atom. The van der Waals surface area contributed by atoms with Crippen molar-refractivity contribution >= 4 is 10.0 Å². The zero-order valence-corrected chi connectivity index (χ0v) is 11.5. The second-order valence-electron chi connectivity index (χ2n) is 5.27. The first-order valence-electron chi connectivity index (χ1n) is 6.86. The van der Waals surface area contributed by atoms with Gasteiger partial charge in [-0.25, -0.2) is 8.42 Å². The van der Waals surface area contributed by atoms with Gasteiger partial charge in [0, 0.05) is 18.6 Å². The van der Waals surface area contributed by atoms with E-state index in [9.17, 15) is 8.42 Å². The molecule has 100 valence electrons. The van der Waals surface area contributed by atoms with E-state index in [0.717, 1.165) is 51.6 Å². The van der Waals surface area contributed by atoms with E-state index in [2.05, 4.69) is 12.2 Å². The lowest BCUT2D eigenvalue weighted by molar-refractivity contribution is 0.392. The lowest BCUT2D eigenvalue weighted by atomic mass is 10.3. The van der Waals surface area contributed by atoms with Crippen molar-refractivity contribution in [1.29, 1.82) is 0 Å². The predicted octanol–water partition coefficient (Wildman–Crippen LogP) is 1.33. The Morgan fingerprint density at radius 2 is 2.06 bits per heavy atom. The van der Waals surface area contributed by atoms with E-state index in [0.29, 0.717) is 11.8 Å². The molecule has 1 aliphatic heterocycles. The van der Waals surface area contributed by atoms with Gasteiger partial charge in [0.05, 0.1) is 5.75 Å². The Kier molecular flexibility index (Phi) is 4.44. The molecule has 0 aromatic heterocycles. The Bertz CT molecular complexity index is 332. The van der Waals surface area contributed by atoms with E-state index in [1.54, 1.807) is 4.31 Å². The second-order valence-corrected chi connectivity index (χ2v) is 7.23. The van der Waals surface area contributed by atoms with Crippen LogP contribution in [0.5, 0.6) is 0 Å². The van der Waals surface area contributed by atoms with Crippen LogP contribution < -0.4 is 5.32 Å². The van der Waals surface area contributed by atoms with Gasteiger partial charge in [0.1, 0.15) is 0 Å². The van der Waals surface area contributed by atoms with E-state index in [4.69, 9.17) is 0 Å². The SMILES string of the molecule is CCCCN(C1CC1)S(=O)(=O)CC1CCCN1. The van der Waals surface area contributed by atoms with Crippen LogP contribution in [0.1, 0.15) is 45.4 Å². The molecule has 0 bridgehead atoms. The first-order chi connectivity index (χ1) is 8.13. The van der Waals surface area contributed by atoms with Crippen LogP contribution in [0.2, 0.25) is 0 Å². The molecule has 1 saturated heterocycles. The second kappa shape index (κ2) is 5.67. The van der Waals surface area contributed by atoms with Gasteiger partial charge in [-0.05, 0) is 38.6 Å². The van der Waals surface area contributed by atoms with Gasteiger partial charge < -0.3 is 5.32 Å². The smallest absolute Gasteiger partial charge is 0.215 e. The summed E-state index contributed by atoms with van der Waals surface area (Å²) in [6.07, 6.45) is 6.26. The summed E-state index contributed by atoms with van der Waals surface area (Å²) >= 11 is 0. The lowest BCUT2D eigenvalue weighted by Gasteiger charge is -2.23. The van der Waals surface area contributed by atoms with Crippen molar-refractivity contribution in [2.45, 2.75) is 57.5 Å². The lowest BCUT2D eigenvalue weighted by Crippen LogP contribution is -2.41. The molecule has 0 amide bonds. The minimum Gasteiger partial charge on any atom is -0.313 e. The van der Waals surface area contributed by atoms with Gasteiger partial charge in [-0.15, -0.1) is 0 Å². The molecule has 1 atom stereocenters. The van der Waals surface area contributed by atoms with Crippen LogP contribution in [0.15, 0.2) is 0 Å². The van der Waals surface area contributed by atoms with E-state index in [1.165, 1.54) is 0 Å². The first kappa shape index (κ1) is 13.3. The topological polar surface area (TPSA) is 49.4 Å². The number of sulfonamides is 1. The third-order valence-corrected chi connectivity index (χ3v) is 5.64. The minimum atomic E-state index is -3.04. The Hall–Kier alpha value is -0.130. The third-order valence-electron chi connectivity index (χ3n) is 3.62. The normalized spacial score (nSPS) is 25.6. The zero-order chi connectivity index (χ0) is 12.3. The van der Waals surface area contributed by atoms with Crippen LogP contribution in [-0.4, -0.2) is 43.6 Å². The van der Waals surface area contributed by atoms with E-state index < -0.39 is 10.0 Å². The molecule has 0 aromatic carbocycles. The highest BCUT2D eigenvalue weighted by Crippen LogP contribution is 2.30. The predicted molar refractivity (Wildman–Crippen MR) is 69.4 cm³/mol. The average Bonchev–Trinajstić information content (AvgIpc) is 2.97. The minimum absolute atomic E-state index is 0.183. The molecule has 2 fully saturated rings. The van der Waals surface area contributed by atoms with Crippen LogP contribution in [-0.2, 0) is 10.0 Å². The molecule has 0 radical (unpaired) electrons. The third kappa shape index (κ3) is 3.66. The molecular weight excluding hydrogens is 236 g/mol. The van der Waals surface area contributed by atoms with E-state index in [-0.39, 0.29) is 6.04 Å². The van der Waals surface area contributed by atoms with Crippen LogP contribution >= 0.6 is 0 Å². The Labute approximate surface area is 105 Å². The quantitative estimate of drug-likeness (QED) is 0.751. The van der Waals surface area contributed by atoms with Crippen molar-refractivity contribution in [3.8, 4) is 0 Å². The summed E-state index contributed by atoms with van der Waals surface area (Å²) in [7, 11) is -3.04. The zero-order valence-electron chi connectivity index (χ0n) is 10.7. The summed E-state index contributed by atoms with van der Waals surface area (Å²) in [5.41, 5.74) is 0. The Balaban J connectivity index is 1.94. The molecule has 1 aliphatic carbocycles. The van der Waals surface area contributed by atoms with Crippen molar-refractivity contribution in [2.24, 2.45) is 0 Å². The molecule has 0 spiro atoms. The van der Waals surface area contributed by atoms with Crippen molar-refractivity contribution < 1.29 is 8.42 Å². The molecule has 1 heterocycles. The van der Waals surface area contributed by atoms with Gasteiger partial charge in [0.2, 0.25) is 10.0 Å². The fourth-order valence-electron chi connectivity index (χ4n) is 2.47. The monoisotopic (exact) mass is 260 g/mol. The largest absolute Gasteiger partial charge is 0.313 e. The van der Waals surface area contributed by atoms with Crippen molar-refractivity contribution in [3.63, 3.8) is 0 Å². The van der Waals surface area contributed by atoms with Gasteiger partial charge in [0.25, 0.3) is 0 Å². The number of nitrogens with zero attached hydrogens (tertiary/aromatic N) is 1. The van der Waals surface area contributed by atoms with E-state index >= 15 is 0 Å². The summed E-state index contributed by atoms with van der Waals surface area (Å²) in [6.45, 7) is 3.80. The summed E-state index contributed by atoms with van der Waals surface area (Å²) < 4.78 is 26.5. The number of nitrogens with one attached hydrogen (secondary N) is 1. The fourth-order valence-corrected chi connectivity index (χ4v) is 4.53. The molecule has 4 nitrogen and oxygen atoms in total. The van der Waals surface area contributed by atoms with Crippen LogP contribution in [0, 0.1) is 0 Å². The highest BCUT2D eigenvalue weighted by molar-refractivity contribution is 7.89. The number of hydrogen-bond acceptors (Lipinski definition) is 3. The summed E-state index contributed by atoms with van der Waals surface area (Å²) in [4.78, 5) is 0. The molecule has 17 heavy (non-hydrogen) atoms. The number of rotatable bonds is 7. The van der Waals surface area contributed by atoms with Gasteiger partial charge >= 0.3 is 0 Å². The molecule has 0 aromatic rings. The molecule has 2 aliphatic rings. The molecule has 5 heteroatoms. The standard InChI is InChI=1S/C12H24N2O2S/c1-2-3-9-14(12-6-7-12)17(15,16)10-11-5-4-8-13-11/h11-13H,2-10H2,1H3. The molecule has 1 unspecified atom stereocenters. The Morgan fingerprint density at radius 3 is 2.59 bits per heavy atom. The fraction of sp³-hybridized carbons (Fsp3) is 1.00. The van der Waals surface area contributed by atoms with Crippen LogP contribution in [0.25, 0.3) is 0 Å². The highest BCUT2D eigenvalue weighted by atomic mass is 32.2. The maximum atomic E-state index is 12.4. The molecule has 1 N–H and O–H groups in total. The molecule has 1 saturated carbocycles. The van der Waals surface area contributed by atoms with Gasteiger partial charge in [-0.2, -0.15) is 4.31 Å². The average molecular weight is 260 g/mol. The summed E-state index contributed by atoms with van der Waals surface area (Å²) in [6, 6.07) is 0.496. The first-order valence-corrected chi connectivity index (χ1v) is 8.47. The van der Waals surface area contributed by atoms with Gasteiger partial charge in [-0.3, -0.25) is 0 Å². The molecule has 2 rings (SSSR count). The molecular formula is C12H24N2O2S. The number of unbranched alkanes of at least 4 members (excludes halogenated alkanes) is 1. The van der Waals surface area contributed by atoms with Gasteiger partial charge in [-0.1, -0.05) is 13.3 Å².